The molecule has 8 nitrogen and oxygen atoms in total. The molecule has 0 bridgehead atoms. The number of hydrogen-bond acceptors (Lipinski definition) is 5. The van der Waals surface area contributed by atoms with Gasteiger partial charge in [-0.25, -0.2) is 13.5 Å². The fraction of sp³-hybridized carbons (Fsp3) is 0.524. The Hall–Kier alpha value is -3.04. The zero-order valence-electron chi connectivity index (χ0n) is 17.3. The van der Waals surface area contributed by atoms with Crippen LogP contribution in [0.15, 0.2) is 30.5 Å². The first-order valence-corrected chi connectivity index (χ1v) is 10.3. The van der Waals surface area contributed by atoms with Gasteiger partial charge in [0.05, 0.1) is 38.9 Å². The fourth-order valence-electron chi connectivity index (χ4n) is 4.20. The molecule has 1 atom stereocenters. The number of rotatable bonds is 6. The van der Waals surface area contributed by atoms with E-state index >= 15 is 0 Å². The second-order valence-corrected chi connectivity index (χ2v) is 8.09. The largest absolute Gasteiger partial charge is 0.497 e. The summed E-state index contributed by atoms with van der Waals surface area (Å²) in [6.07, 6.45) is 2.94. The van der Waals surface area contributed by atoms with Gasteiger partial charge in [-0.05, 0) is 30.5 Å². The summed E-state index contributed by atoms with van der Waals surface area (Å²) in [6, 6.07) is 6.26. The molecular formula is C21H25F2N5O3. The zero-order chi connectivity index (χ0) is 22.0. The molecule has 1 aromatic heterocycles. The van der Waals surface area contributed by atoms with Crippen molar-refractivity contribution in [3.8, 4) is 5.75 Å². The number of halogens is 2. The lowest BCUT2D eigenvalue weighted by Crippen LogP contribution is -2.39. The summed E-state index contributed by atoms with van der Waals surface area (Å²) in [5, 5.41) is 7.85. The molecular weight excluding hydrogens is 408 g/mol. The molecule has 166 valence electrons. The lowest BCUT2D eigenvalue weighted by molar-refractivity contribution is -0.132. The number of carbonyl (C=O) groups is 2. The summed E-state index contributed by atoms with van der Waals surface area (Å²) in [6.45, 7) is 0.800. The average molecular weight is 433 g/mol. The third kappa shape index (κ3) is 4.83. The number of alkyl halides is 2. The number of nitrogens with zero attached hydrogens (tertiary/aromatic N) is 5. The van der Waals surface area contributed by atoms with Crippen molar-refractivity contribution >= 4 is 11.8 Å². The number of carbonyl (C=O) groups excluding carboxylic acids is 2. The minimum Gasteiger partial charge on any atom is -0.497 e. The van der Waals surface area contributed by atoms with Crippen LogP contribution in [0.1, 0.15) is 35.3 Å². The molecule has 0 spiro atoms. The van der Waals surface area contributed by atoms with Crippen LogP contribution >= 0.6 is 0 Å². The highest BCUT2D eigenvalue weighted by molar-refractivity contribution is 5.92. The van der Waals surface area contributed by atoms with Crippen LogP contribution in [-0.4, -0.2) is 75.3 Å². The summed E-state index contributed by atoms with van der Waals surface area (Å²) in [5.41, 5.74) is 0.887. The highest BCUT2D eigenvalue weighted by Gasteiger charge is 2.47. The molecule has 10 heteroatoms. The van der Waals surface area contributed by atoms with Crippen molar-refractivity contribution in [2.24, 2.45) is 0 Å². The molecule has 0 N–H and O–H groups in total. The molecule has 2 saturated heterocycles. The summed E-state index contributed by atoms with van der Waals surface area (Å²) in [5.74, 6) is -2.95. The maximum atomic E-state index is 14.2. The van der Waals surface area contributed by atoms with E-state index in [1.165, 1.54) is 22.9 Å². The van der Waals surface area contributed by atoms with Crippen molar-refractivity contribution in [1.82, 2.24) is 24.8 Å². The summed E-state index contributed by atoms with van der Waals surface area (Å²) in [4.78, 5) is 28.2. The van der Waals surface area contributed by atoms with E-state index in [1.54, 1.807) is 29.2 Å². The summed E-state index contributed by atoms with van der Waals surface area (Å²) >= 11 is 0. The number of benzene rings is 1. The Balaban J connectivity index is 1.45. The first-order valence-electron chi connectivity index (χ1n) is 10.3. The topological polar surface area (TPSA) is 80.6 Å². The van der Waals surface area contributed by atoms with Gasteiger partial charge in [-0.3, -0.25) is 9.59 Å². The van der Waals surface area contributed by atoms with Gasteiger partial charge in [-0.15, -0.1) is 5.10 Å². The van der Waals surface area contributed by atoms with Gasteiger partial charge < -0.3 is 14.5 Å². The van der Waals surface area contributed by atoms with Gasteiger partial charge in [0.1, 0.15) is 5.75 Å². The van der Waals surface area contributed by atoms with Crippen molar-refractivity contribution in [2.75, 3.05) is 26.7 Å². The zero-order valence-corrected chi connectivity index (χ0v) is 17.3. The minimum atomic E-state index is -2.97. The van der Waals surface area contributed by atoms with Crippen LogP contribution in [0.2, 0.25) is 0 Å². The Morgan fingerprint density at radius 1 is 1.26 bits per heavy atom. The second-order valence-electron chi connectivity index (χ2n) is 8.09. The van der Waals surface area contributed by atoms with E-state index in [-0.39, 0.29) is 30.5 Å². The van der Waals surface area contributed by atoms with Crippen molar-refractivity contribution < 1.29 is 23.1 Å². The fourth-order valence-corrected chi connectivity index (χ4v) is 4.20. The molecule has 2 aromatic rings. The van der Waals surface area contributed by atoms with Crippen LogP contribution in [0.25, 0.3) is 0 Å². The van der Waals surface area contributed by atoms with Crippen LogP contribution in [0.5, 0.6) is 5.75 Å². The molecule has 0 radical (unpaired) electrons. The molecule has 3 heterocycles. The standard InChI is InChI=1S/C21H25F2N5O3/c1-31-17-6-4-5-15(9-17)10-19(29)28-14-21(22,23)11-16(28)12-27-13-18(24-25-27)20(30)26-7-2-3-8-26/h4-6,9,13,16H,2-3,7-8,10-12,14H2,1H3. The van der Waals surface area contributed by atoms with Crippen molar-refractivity contribution in [1.29, 1.82) is 0 Å². The molecule has 1 aromatic carbocycles. The number of hydrogen-bond donors (Lipinski definition) is 0. The molecule has 1 unspecified atom stereocenters. The average Bonchev–Trinajstić information content (AvgIpc) is 3.48. The molecule has 2 aliphatic heterocycles. The SMILES string of the molecule is COc1cccc(CC(=O)N2CC(F)(F)CC2Cn2cc(C(=O)N3CCCC3)nn2)c1. The highest BCUT2D eigenvalue weighted by atomic mass is 19.3. The lowest BCUT2D eigenvalue weighted by atomic mass is 10.1. The Morgan fingerprint density at radius 2 is 2.03 bits per heavy atom. The second kappa shape index (κ2) is 8.60. The van der Waals surface area contributed by atoms with Crippen molar-refractivity contribution in [2.45, 2.75) is 44.2 Å². The van der Waals surface area contributed by atoms with E-state index in [1.807, 2.05) is 0 Å². The van der Waals surface area contributed by atoms with Gasteiger partial charge in [0.2, 0.25) is 5.91 Å². The van der Waals surface area contributed by atoms with E-state index < -0.39 is 24.9 Å². The van der Waals surface area contributed by atoms with Crippen LogP contribution in [-0.2, 0) is 17.8 Å². The number of aromatic nitrogens is 3. The van der Waals surface area contributed by atoms with E-state index in [0.717, 1.165) is 12.8 Å². The van der Waals surface area contributed by atoms with Crippen LogP contribution in [0.3, 0.4) is 0 Å². The summed E-state index contributed by atoms with van der Waals surface area (Å²) in [7, 11) is 1.53. The quantitative estimate of drug-likeness (QED) is 0.696. The van der Waals surface area contributed by atoms with E-state index in [2.05, 4.69) is 10.3 Å². The van der Waals surface area contributed by atoms with Crippen LogP contribution in [0, 0.1) is 0 Å². The molecule has 0 saturated carbocycles. The Labute approximate surface area is 178 Å². The van der Waals surface area contributed by atoms with E-state index in [9.17, 15) is 18.4 Å². The Kier molecular flexibility index (Phi) is 5.88. The molecule has 4 rings (SSSR count). The number of amides is 2. The third-order valence-corrected chi connectivity index (χ3v) is 5.74. The Bertz CT molecular complexity index is 958. The number of methoxy groups -OCH3 is 1. The molecule has 31 heavy (non-hydrogen) atoms. The molecule has 2 aliphatic rings. The van der Waals surface area contributed by atoms with Gasteiger partial charge in [0.15, 0.2) is 5.69 Å². The minimum absolute atomic E-state index is 0.000166. The van der Waals surface area contributed by atoms with Gasteiger partial charge in [-0.1, -0.05) is 17.3 Å². The van der Waals surface area contributed by atoms with Gasteiger partial charge in [0.25, 0.3) is 11.8 Å². The van der Waals surface area contributed by atoms with Gasteiger partial charge in [0, 0.05) is 19.5 Å². The summed E-state index contributed by atoms with van der Waals surface area (Å²) < 4.78 is 34.9. The predicted octanol–water partition coefficient (Wildman–Crippen LogP) is 2.00. The lowest BCUT2D eigenvalue weighted by Gasteiger charge is -2.24. The first kappa shape index (κ1) is 21.2. The number of ether oxygens (including phenoxy) is 1. The molecule has 2 fully saturated rings. The Morgan fingerprint density at radius 3 is 2.77 bits per heavy atom. The van der Waals surface area contributed by atoms with E-state index in [4.69, 9.17) is 4.74 Å². The maximum absolute atomic E-state index is 14.2. The van der Waals surface area contributed by atoms with E-state index in [0.29, 0.717) is 24.4 Å². The van der Waals surface area contributed by atoms with Crippen molar-refractivity contribution in [3.05, 3.63) is 41.7 Å². The van der Waals surface area contributed by atoms with Crippen molar-refractivity contribution in [3.63, 3.8) is 0 Å². The molecule has 2 amide bonds. The highest BCUT2D eigenvalue weighted by Crippen LogP contribution is 2.33. The van der Waals surface area contributed by atoms with Crippen LogP contribution in [0.4, 0.5) is 8.78 Å². The van der Waals surface area contributed by atoms with Gasteiger partial charge >= 0.3 is 0 Å². The predicted molar refractivity (Wildman–Crippen MR) is 107 cm³/mol. The monoisotopic (exact) mass is 433 g/mol. The maximum Gasteiger partial charge on any atom is 0.276 e. The number of likely N-dealkylation sites (tertiary alicyclic amines) is 2. The smallest absolute Gasteiger partial charge is 0.276 e. The third-order valence-electron chi connectivity index (χ3n) is 5.74. The normalized spacial score (nSPS) is 20.3. The molecule has 0 aliphatic carbocycles. The van der Waals surface area contributed by atoms with Gasteiger partial charge in [-0.2, -0.15) is 0 Å². The van der Waals surface area contributed by atoms with Crippen LogP contribution < -0.4 is 4.74 Å². The first-order chi connectivity index (χ1) is 14.8.